The number of pyridine rings is 1. The Balaban J connectivity index is 1.14. The Hall–Kier alpha value is -3.57. The molecule has 0 unspecified atom stereocenters. The highest BCUT2D eigenvalue weighted by molar-refractivity contribution is 7.89. The Bertz CT molecular complexity index is 1370. The van der Waals surface area contributed by atoms with Gasteiger partial charge >= 0.3 is 0 Å². The molecular weight excluding hydrogens is 466 g/mol. The number of nitrogens with one attached hydrogen (secondary N) is 1. The topological polar surface area (TPSA) is 112 Å². The van der Waals surface area contributed by atoms with Crippen molar-refractivity contribution in [3.8, 4) is 0 Å². The van der Waals surface area contributed by atoms with Crippen molar-refractivity contribution in [2.24, 2.45) is 0 Å². The predicted octanol–water partition coefficient (Wildman–Crippen LogP) is 1.96. The van der Waals surface area contributed by atoms with Crippen molar-refractivity contribution in [3.63, 3.8) is 0 Å². The molecule has 0 saturated carbocycles. The minimum Gasteiger partial charge on any atom is -0.352 e. The highest BCUT2D eigenvalue weighted by Gasteiger charge is 2.35. The van der Waals surface area contributed by atoms with Gasteiger partial charge in [0, 0.05) is 45.3 Å². The van der Waals surface area contributed by atoms with Gasteiger partial charge in [-0.15, -0.1) is 10.2 Å². The number of benzene rings is 1. The summed E-state index contributed by atoms with van der Waals surface area (Å²) < 4.78 is 28.5. The van der Waals surface area contributed by atoms with E-state index in [4.69, 9.17) is 0 Å². The molecule has 0 aliphatic carbocycles. The minimum absolute atomic E-state index is 0.131. The van der Waals surface area contributed by atoms with Crippen molar-refractivity contribution in [2.75, 3.05) is 47.8 Å². The van der Waals surface area contributed by atoms with E-state index in [9.17, 15) is 13.2 Å². The van der Waals surface area contributed by atoms with Crippen LogP contribution in [0.2, 0.25) is 0 Å². The molecule has 11 heteroatoms. The maximum atomic E-state index is 13.5. The maximum Gasteiger partial charge on any atom is 0.243 e. The maximum absolute atomic E-state index is 13.5. The van der Waals surface area contributed by atoms with Crippen LogP contribution in [-0.4, -0.2) is 66.5 Å². The van der Waals surface area contributed by atoms with Crippen LogP contribution in [0.25, 0.3) is 0 Å². The van der Waals surface area contributed by atoms with Crippen LogP contribution in [0.15, 0.2) is 53.6 Å². The second kappa shape index (κ2) is 8.58. The van der Waals surface area contributed by atoms with E-state index in [1.807, 2.05) is 40.1 Å². The molecule has 0 bridgehead atoms. The van der Waals surface area contributed by atoms with E-state index >= 15 is 0 Å². The van der Waals surface area contributed by atoms with Crippen molar-refractivity contribution in [3.05, 3.63) is 59.8 Å². The van der Waals surface area contributed by atoms with E-state index in [0.717, 1.165) is 16.8 Å². The number of sulfonamides is 1. The molecule has 180 valence electrons. The number of hydrogen-bond donors (Lipinski definition) is 1. The normalized spacial score (nSPS) is 18.0. The minimum atomic E-state index is -3.62. The Morgan fingerprint density at radius 2 is 1.63 bits per heavy atom. The molecule has 3 aromatic rings. The van der Waals surface area contributed by atoms with Crippen molar-refractivity contribution in [1.29, 1.82) is 0 Å². The molecule has 0 atom stereocenters. The van der Waals surface area contributed by atoms with Gasteiger partial charge < -0.3 is 15.1 Å². The van der Waals surface area contributed by atoms with Crippen molar-refractivity contribution >= 4 is 39.1 Å². The van der Waals surface area contributed by atoms with Gasteiger partial charge in [-0.25, -0.2) is 13.4 Å². The third-order valence-electron chi connectivity index (χ3n) is 6.80. The first kappa shape index (κ1) is 21.9. The van der Waals surface area contributed by atoms with Crippen LogP contribution >= 0.6 is 0 Å². The van der Waals surface area contributed by atoms with Crippen LogP contribution in [-0.2, 0) is 27.7 Å². The Morgan fingerprint density at radius 1 is 0.829 bits per heavy atom. The SMILES string of the molecule is O=C1CCc2cc(S(=O)(=O)N3CCN(c4ccc(Nc5ccccn5)nn4)CC3)cc3c2N1CC3. The second-order valence-corrected chi connectivity index (χ2v) is 10.8. The molecule has 0 spiro atoms. The number of hydrogen-bond acceptors (Lipinski definition) is 8. The lowest BCUT2D eigenvalue weighted by molar-refractivity contribution is -0.118. The zero-order valence-electron chi connectivity index (χ0n) is 19.1. The van der Waals surface area contributed by atoms with Gasteiger partial charge in [0.25, 0.3) is 0 Å². The van der Waals surface area contributed by atoms with Crippen LogP contribution in [0.5, 0.6) is 0 Å². The largest absolute Gasteiger partial charge is 0.352 e. The molecule has 5 heterocycles. The fourth-order valence-corrected chi connectivity index (χ4v) is 6.53. The van der Waals surface area contributed by atoms with Gasteiger partial charge in [0.2, 0.25) is 15.9 Å². The molecule has 10 nitrogen and oxygen atoms in total. The molecule has 3 aliphatic rings. The van der Waals surface area contributed by atoms with Crippen LogP contribution in [0.3, 0.4) is 0 Å². The zero-order valence-corrected chi connectivity index (χ0v) is 19.9. The number of aryl methyl sites for hydroxylation is 1. The average molecular weight is 492 g/mol. The number of carbonyl (C=O) groups excluding carboxylic acids is 1. The van der Waals surface area contributed by atoms with Gasteiger partial charge in [0.15, 0.2) is 11.6 Å². The lowest BCUT2D eigenvalue weighted by atomic mass is 10.00. The highest BCUT2D eigenvalue weighted by Crippen LogP contribution is 2.39. The van der Waals surface area contributed by atoms with Gasteiger partial charge in [-0.3, -0.25) is 4.79 Å². The Kier molecular flexibility index (Phi) is 5.37. The number of amides is 1. The first-order valence-electron chi connectivity index (χ1n) is 11.7. The first-order chi connectivity index (χ1) is 17.0. The highest BCUT2D eigenvalue weighted by atomic mass is 32.2. The lowest BCUT2D eigenvalue weighted by Crippen LogP contribution is -2.49. The number of nitrogens with zero attached hydrogens (tertiary/aromatic N) is 6. The molecule has 1 saturated heterocycles. The molecule has 1 aromatic carbocycles. The van der Waals surface area contributed by atoms with Crippen molar-refractivity contribution < 1.29 is 13.2 Å². The van der Waals surface area contributed by atoms with E-state index < -0.39 is 10.0 Å². The number of anilines is 4. The summed E-state index contributed by atoms with van der Waals surface area (Å²) in [5, 5.41) is 11.6. The van der Waals surface area contributed by atoms with Gasteiger partial charge in [-0.2, -0.15) is 4.31 Å². The zero-order chi connectivity index (χ0) is 24.0. The molecule has 35 heavy (non-hydrogen) atoms. The van der Waals surface area contributed by atoms with Crippen LogP contribution < -0.4 is 15.1 Å². The predicted molar refractivity (Wildman–Crippen MR) is 131 cm³/mol. The van der Waals surface area contributed by atoms with E-state index in [1.54, 1.807) is 22.6 Å². The third-order valence-corrected chi connectivity index (χ3v) is 8.67. The van der Waals surface area contributed by atoms with Crippen LogP contribution in [0.1, 0.15) is 17.5 Å². The van der Waals surface area contributed by atoms with E-state index in [-0.39, 0.29) is 5.91 Å². The van der Waals surface area contributed by atoms with Gasteiger partial charge in [-0.1, -0.05) is 6.07 Å². The summed E-state index contributed by atoms with van der Waals surface area (Å²) in [7, 11) is -3.62. The van der Waals surface area contributed by atoms with Crippen molar-refractivity contribution in [1.82, 2.24) is 19.5 Å². The number of aromatic nitrogens is 3. The second-order valence-electron chi connectivity index (χ2n) is 8.89. The quantitative estimate of drug-likeness (QED) is 0.577. The smallest absolute Gasteiger partial charge is 0.243 e. The van der Waals surface area contributed by atoms with Crippen molar-refractivity contribution in [2.45, 2.75) is 24.2 Å². The molecule has 0 radical (unpaired) electrons. The number of piperazine rings is 1. The molecular formula is C24H25N7O3S. The molecule has 3 aliphatic heterocycles. The summed E-state index contributed by atoms with van der Waals surface area (Å²) in [5.74, 6) is 2.12. The fourth-order valence-electron chi connectivity index (χ4n) is 5.01. The molecule has 1 fully saturated rings. The molecule has 6 rings (SSSR count). The fraction of sp³-hybridized carbons (Fsp3) is 0.333. The standard InChI is InChI=1S/C24H25N7O3S/c32-23-7-4-17-15-19(16-18-8-10-31(23)24(17)18)35(33,34)30-13-11-29(12-14-30)22-6-5-21(27-28-22)26-20-3-1-2-9-25-20/h1-3,5-6,9,15-16H,4,7-8,10-14H2,(H,25,26,27). The Morgan fingerprint density at radius 3 is 2.34 bits per heavy atom. The Labute approximate surface area is 203 Å². The van der Waals surface area contributed by atoms with E-state index in [2.05, 4.69) is 20.5 Å². The van der Waals surface area contributed by atoms with Gasteiger partial charge in [0.05, 0.1) is 10.6 Å². The summed E-state index contributed by atoms with van der Waals surface area (Å²) in [6, 6.07) is 12.8. The molecule has 1 N–H and O–H groups in total. The van der Waals surface area contributed by atoms with Crippen LogP contribution in [0, 0.1) is 0 Å². The third kappa shape index (κ3) is 4.00. The summed E-state index contributed by atoms with van der Waals surface area (Å²) in [6.45, 7) is 2.44. The molecule has 2 aromatic heterocycles. The molecule has 1 amide bonds. The summed E-state index contributed by atoms with van der Waals surface area (Å²) >= 11 is 0. The van der Waals surface area contributed by atoms with E-state index in [0.29, 0.717) is 74.3 Å². The summed E-state index contributed by atoms with van der Waals surface area (Å²) in [5.41, 5.74) is 2.86. The van der Waals surface area contributed by atoms with Gasteiger partial charge in [-0.05, 0) is 60.4 Å². The first-order valence-corrected chi connectivity index (χ1v) is 13.2. The summed E-state index contributed by atoms with van der Waals surface area (Å²) in [4.78, 5) is 20.6. The average Bonchev–Trinajstić information content (AvgIpc) is 3.33. The van der Waals surface area contributed by atoms with E-state index in [1.165, 1.54) is 0 Å². The van der Waals surface area contributed by atoms with Crippen LogP contribution in [0.4, 0.5) is 23.1 Å². The summed E-state index contributed by atoms with van der Waals surface area (Å²) in [6.07, 6.45) is 3.44. The van der Waals surface area contributed by atoms with Gasteiger partial charge in [0.1, 0.15) is 5.82 Å². The lowest BCUT2D eigenvalue weighted by Gasteiger charge is -2.34. The number of carbonyl (C=O) groups is 1. The number of rotatable bonds is 5. The monoisotopic (exact) mass is 491 g/mol.